The lowest BCUT2D eigenvalue weighted by molar-refractivity contribution is -0.138. The zero-order valence-corrected chi connectivity index (χ0v) is 16.9. The lowest BCUT2D eigenvalue weighted by Crippen LogP contribution is -2.55. The topological polar surface area (TPSA) is 79.3 Å². The van der Waals surface area contributed by atoms with Crippen LogP contribution in [-0.4, -0.2) is 62.7 Å². The number of rotatable bonds is 4. The van der Waals surface area contributed by atoms with Gasteiger partial charge >= 0.3 is 0 Å². The molecule has 0 N–H and O–H groups in total. The molecule has 2 fully saturated rings. The Balaban J connectivity index is 1.44. The SMILES string of the molecule is Cc1ncncc1C(=O)N1CCC[C@]2(CCC(=O)N(CCc3ccccn3)C2)C1. The van der Waals surface area contributed by atoms with Crippen molar-refractivity contribution in [2.45, 2.75) is 39.0 Å². The molecule has 4 heterocycles. The molecule has 0 aromatic carbocycles. The van der Waals surface area contributed by atoms with Crippen LogP contribution >= 0.6 is 0 Å². The maximum absolute atomic E-state index is 13.1. The molecular weight excluding hydrogens is 366 g/mol. The number of carbonyl (C=O) groups excluding carboxylic acids is 2. The van der Waals surface area contributed by atoms with Crippen molar-refractivity contribution in [3.63, 3.8) is 0 Å². The van der Waals surface area contributed by atoms with Crippen molar-refractivity contribution in [2.75, 3.05) is 26.2 Å². The molecule has 2 aromatic heterocycles. The number of hydrogen-bond donors (Lipinski definition) is 0. The number of amides is 2. The number of carbonyl (C=O) groups is 2. The average molecular weight is 393 g/mol. The summed E-state index contributed by atoms with van der Waals surface area (Å²) in [6.45, 7) is 4.67. The van der Waals surface area contributed by atoms with Gasteiger partial charge in [0.2, 0.25) is 5.91 Å². The summed E-state index contributed by atoms with van der Waals surface area (Å²) >= 11 is 0. The van der Waals surface area contributed by atoms with Crippen molar-refractivity contribution in [1.29, 1.82) is 0 Å². The third kappa shape index (κ3) is 4.28. The van der Waals surface area contributed by atoms with Crippen molar-refractivity contribution < 1.29 is 9.59 Å². The van der Waals surface area contributed by atoms with Crippen molar-refractivity contribution in [3.8, 4) is 0 Å². The highest BCUT2D eigenvalue weighted by atomic mass is 16.2. The van der Waals surface area contributed by atoms with Crippen molar-refractivity contribution in [2.24, 2.45) is 5.41 Å². The summed E-state index contributed by atoms with van der Waals surface area (Å²) in [7, 11) is 0. The Labute approximate surface area is 171 Å². The van der Waals surface area contributed by atoms with E-state index in [4.69, 9.17) is 0 Å². The number of pyridine rings is 1. The van der Waals surface area contributed by atoms with Crippen LogP contribution in [0, 0.1) is 12.3 Å². The summed E-state index contributed by atoms with van der Waals surface area (Å²) < 4.78 is 0. The van der Waals surface area contributed by atoms with Gasteiger partial charge in [-0.25, -0.2) is 9.97 Å². The Morgan fingerprint density at radius 1 is 1.21 bits per heavy atom. The summed E-state index contributed by atoms with van der Waals surface area (Å²) in [5.41, 5.74) is 2.26. The molecule has 1 atom stereocenters. The predicted molar refractivity (Wildman–Crippen MR) is 108 cm³/mol. The monoisotopic (exact) mass is 393 g/mol. The molecule has 0 aliphatic carbocycles. The quantitative estimate of drug-likeness (QED) is 0.796. The maximum atomic E-state index is 13.1. The largest absolute Gasteiger partial charge is 0.342 e. The van der Waals surface area contributed by atoms with Crippen LogP contribution in [0.2, 0.25) is 0 Å². The van der Waals surface area contributed by atoms with E-state index in [0.717, 1.165) is 37.9 Å². The lowest BCUT2D eigenvalue weighted by Gasteiger charge is -2.48. The zero-order valence-electron chi connectivity index (χ0n) is 16.9. The van der Waals surface area contributed by atoms with Gasteiger partial charge in [-0.15, -0.1) is 0 Å². The van der Waals surface area contributed by atoms with Gasteiger partial charge in [-0.2, -0.15) is 0 Å². The second-order valence-corrected chi connectivity index (χ2v) is 8.24. The van der Waals surface area contributed by atoms with Gasteiger partial charge in [0.05, 0.1) is 11.3 Å². The third-order valence-electron chi connectivity index (χ3n) is 6.20. The number of likely N-dealkylation sites (tertiary alicyclic amines) is 2. The van der Waals surface area contributed by atoms with Crippen LogP contribution in [0.25, 0.3) is 0 Å². The molecule has 2 aliphatic rings. The third-order valence-corrected chi connectivity index (χ3v) is 6.20. The molecule has 152 valence electrons. The fourth-order valence-corrected chi connectivity index (χ4v) is 4.59. The van der Waals surface area contributed by atoms with Gasteiger partial charge in [-0.05, 0) is 38.3 Å². The maximum Gasteiger partial charge on any atom is 0.257 e. The molecule has 2 saturated heterocycles. The van der Waals surface area contributed by atoms with Gasteiger partial charge in [-0.3, -0.25) is 14.6 Å². The van der Waals surface area contributed by atoms with Crippen LogP contribution in [-0.2, 0) is 11.2 Å². The second-order valence-electron chi connectivity index (χ2n) is 8.24. The predicted octanol–water partition coefficient (Wildman–Crippen LogP) is 2.27. The fraction of sp³-hybridized carbons (Fsp3) is 0.500. The first-order valence-electron chi connectivity index (χ1n) is 10.3. The summed E-state index contributed by atoms with van der Waals surface area (Å²) in [6, 6.07) is 5.87. The molecule has 0 bridgehead atoms. The molecule has 2 aliphatic heterocycles. The molecule has 0 radical (unpaired) electrons. The fourth-order valence-electron chi connectivity index (χ4n) is 4.59. The van der Waals surface area contributed by atoms with Gasteiger partial charge in [0, 0.05) is 62.5 Å². The second kappa shape index (κ2) is 8.27. The Kier molecular flexibility index (Phi) is 5.56. The molecule has 7 nitrogen and oxygen atoms in total. The standard InChI is InChI=1S/C22H27N5O2/c1-17-19(13-23-16-25-17)21(29)27-11-4-8-22(15-27)9-6-20(28)26(14-22)12-7-18-5-2-3-10-24-18/h2-3,5,10,13,16H,4,6-9,11-12,14-15H2,1H3/t22-/m1/s1. The summed E-state index contributed by atoms with van der Waals surface area (Å²) in [6.07, 6.45) is 9.03. The van der Waals surface area contributed by atoms with Crippen LogP contribution in [0.3, 0.4) is 0 Å². The molecule has 0 unspecified atom stereocenters. The highest BCUT2D eigenvalue weighted by molar-refractivity contribution is 5.95. The molecule has 2 aromatic rings. The Hall–Kier alpha value is -2.83. The normalized spacial score (nSPS) is 22.2. The number of aryl methyl sites for hydroxylation is 1. The van der Waals surface area contributed by atoms with Crippen LogP contribution in [0.1, 0.15) is 47.4 Å². The number of nitrogens with zero attached hydrogens (tertiary/aromatic N) is 5. The first-order chi connectivity index (χ1) is 14.1. The molecule has 29 heavy (non-hydrogen) atoms. The van der Waals surface area contributed by atoms with Crippen LogP contribution in [0.15, 0.2) is 36.9 Å². The van der Waals surface area contributed by atoms with E-state index in [0.29, 0.717) is 37.3 Å². The minimum atomic E-state index is -0.0184. The van der Waals surface area contributed by atoms with Crippen molar-refractivity contribution in [3.05, 3.63) is 53.9 Å². The van der Waals surface area contributed by atoms with Crippen LogP contribution in [0.5, 0.6) is 0 Å². The van der Waals surface area contributed by atoms with E-state index < -0.39 is 0 Å². The van der Waals surface area contributed by atoms with Gasteiger partial charge in [0.1, 0.15) is 6.33 Å². The van der Waals surface area contributed by atoms with E-state index in [9.17, 15) is 9.59 Å². The molecule has 1 spiro atoms. The smallest absolute Gasteiger partial charge is 0.257 e. The van der Waals surface area contributed by atoms with Gasteiger partial charge in [0.15, 0.2) is 0 Å². The van der Waals surface area contributed by atoms with Crippen LogP contribution in [0.4, 0.5) is 0 Å². The highest BCUT2D eigenvalue weighted by Crippen LogP contribution is 2.39. The van der Waals surface area contributed by atoms with E-state index in [1.54, 1.807) is 12.4 Å². The number of aromatic nitrogens is 3. The average Bonchev–Trinajstić information content (AvgIpc) is 2.75. The number of hydrogen-bond acceptors (Lipinski definition) is 5. The molecule has 4 rings (SSSR count). The molecule has 0 saturated carbocycles. The van der Waals surface area contributed by atoms with E-state index >= 15 is 0 Å². The minimum Gasteiger partial charge on any atom is -0.342 e. The van der Waals surface area contributed by atoms with Gasteiger partial charge < -0.3 is 9.80 Å². The van der Waals surface area contributed by atoms with Gasteiger partial charge in [-0.1, -0.05) is 6.07 Å². The Morgan fingerprint density at radius 3 is 2.90 bits per heavy atom. The first-order valence-corrected chi connectivity index (χ1v) is 10.3. The van der Waals surface area contributed by atoms with Gasteiger partial charge in [0.25, 0.3) is 5.91 Å². The Bertz CT molecular complexity index is 888. The van der Waals surface area contributed by atoms with E-state index in [2.05, 4.69) is 15.0 Å². The van der Waals surface area contributed by atoms with E-state index in [1.165, 1.54) is 6.33 Å². The molecule has 2 amide bonds. The summed E-state index contributed by atoms with van der Waals surface area (Å²) in [4.78, 5) is 42.0. The summed E-state index contributed by atoms with van der Waals surface area (Å²) in [5.74, 6) is 0.210. The summed E-state index contributed by atoms with van der Waals surface area (Å²) in [5, 5.41) is 0. The van der Waals surface area contributed by atoms with Crippen molar-refractivity contribution >= 4 is 11.8 Å². The minimum absolute atomic E-state index is 0.000824. The molecular formula is C22H27N5O2. The van der Waals surface area contributed by atoms with Crippen LogP contribution < -0.4 is 0 Å². The first kappa shape index (κ1) is 19.5. The van der Waals surface area contributed by atoms with E-state index in [-0.39, 0.29) is 17.2 Å². The molecule has 7 heteroatoms. The number of piperidine rings is 2. The van der Waals surface area contributed by atoms with Crippen molar-refractivity contribution in [1.82, 2.24) is 24.8 Å². The van der Waals surface area contributed by atoms with E-state index in [1.807, 2.05) is 34.9 Å². The Morgan fingerprint density at radius 2 is 2.10 bits per heavy atom. The zero-order chi connectivity index (χ0) is 20.3. The lowest BCUT2D eigenvalue weighted by atomic mass is 9.73. The highest BCUT2D eigenvalue weighted by Gasteiger charge is 2.42.